The first-order chi connectivity index (χ1) is 16.3. The molecule has 34 heavy (non-hydrogen) atoms. The summed E-state index contributed by atoms with van der Waals surface area (Å²) in [5, 5.41) is 3.32. The first-order valence-corrected chi connectivity index (χ1v) is 11.0. The van der Waals surface area contributed by atoms with Gasteiger partial charge in [-0.15, -0.1) is 13.2 Å². The third-order valence-electron chi connectivity index (χ3n) is 4.73. The Hall–Kier alpha value is -3.73. The molecule has 2 heterocycles. The van der Waals surface area contributed by atoms with Crippen LogP contribution in [-0.4, -0.2) is 27.6 Å². The number of ether oxygens (including phenoxy) is 1. The normalized spacial score (nSPS) is 11.5. The van der Waals surface area contributed by atoms with Crippen LogP contribution in [-0.2, 0) is 17.9 Å². The average molecular weight is 489 g/mol. The van der Waals surface area contributed by atoms with Gasteiger partial charge in [0.15, 0.2) is 5.16 Å². The van der Waals surface area contributed by atoms with E-state index in [2.05, 4.69) is 15.0 Å². The predicted molar refractivity (Wildman–Crippen MR) is 120 cm³/mol. The van der Waals surface area contributed by atoms with Crippen molar-refractivity contribution in [2.24, 2.45) is 0 Å². The van der Waals surface area contributed by atoms with Gasteiger partial charge in [0.25, 0.3) is 5.56 Å². The van der Waals surface area contributed by atoms with Crippen molar-refractivity contribution in [1.29, 1.82) is 0 Å². The molecule has 0 aliphatic carbocycles. The molecular weight excluding hydrogens is 471 g/mol. The zero-order chi connectivity index (χ0) is 24.1. The van der Waals surface area contributed by atoms with E-state index >= 15 is 0 Å². The van der Waals surface area contributed by atoms with E-state index in [1.165, 1.54) is 29.0 Å². The number of nitrogens with zero attached hydrogens (tertiary/aromatic N) is 2. The summed E-state index contributed by atoms with van der Waals surface area (Å²) in [5.74, 6) is -0.387. The van der Waals surface area contributed by atoms with Crippen LogP contribution in [0.2, 0.25) is 0 Å². The molecule has 0 aliphatic rings. The van der Waals surface area contributed by atoms with Crippen LogP contribution in [0, 0.1) is 0 Å². The third kappa shape index (κ3) is 5.79. The topological polar surface area (TPSA) is 86.4 Å². The number of rotatable bonds is 8. The van der Waals surface area contributed by atoms with Crippen molar-refractivity contribution < 1.29 is 27.1 Å². The molecule has 0 unspecified atom stereocenters. The Labute approximate surface area is 195 Å². The lowest BCUT2D eigenvalue weighted by Gasteiger charge is -2.14. The summed E-state index contributed by atoms with van der Waals surface area (Å²) in [5.41, 5.74) is 0.393. The highest BCUT2D eigenvalue weighted by Gasteiger charge is 2.32. The van der Waals surface area contributed by atoms with E-state index in [0.29, 0.717) is 21.8 Å². The van der Waals surface area contributed by atoms with E-state index in [-0.39, 0.29) is 35.7 Å². The van der Waals surface area contributed by atoms with Crippen LogP contribution in [0.3, 0.4) is 0 Å². The number of alkyl halides is 3. The molecular formula is C23H18F3N3O4S. The largest absolute Gasteiger partial charge is 0.573 e. The third-order valence-corrected chi connectivity index (χ3v) is 5.70. The molecule has 0 bridgehead atoms. The monoisotopic (exact) mass is 489 g/mol. The van der Waals surface area contributed by atoms with Crippen LogP contribution < -0.4 is 15.6 Å². The lowest BCUT2D eigenvalue weighted by atomic mass is 10.2. The maximum absolute atomic E-state index is 13.0. The fourth-order valence-electron chi connectivity index (χ4n) is 3.20. The van der Waals surface area contributed by atoms with Crippen LogP contribution in [0.4, 0.5) is 13.2 Å². The highest BCUT2D eigenvalue weighted by molar-refractivity contribution is 7.99. The number of carbonyl (C=O) groups is 1. The standard InChI is InChI=1S/C23H18F3N3O4S/c24-23(25,26)33-19-10-4-1-6-15(19)12-27-20(30)14-34-22-28-18-9-3-2-8-17(18)21(31)29(22)13-16-7-5-11-32-16/h1-11H,12-14H2,(H,27,30). The summed E-state index contributed by atoms with van der Waals surface area (Å²) in [7, 11) is 0. The fraction of sp³-hybridized carbons (Fsp3) is 0.174. The van der Waals surface area contributed by atoms with Crippen LogP contribution >= 0.6 is 11.8 Å². The molecule has 176 valence electrons. The van der Waals surface area contributed by atoms with E-state index in [1.807, 2.05) is 0 Å². The molecule has 11 heteroatoms. The number of halogens is 3. The minimum atomic E-state index is -4.84. The maximum Gasteiger partial charge on any atom is 0.573 e. The number of hydrogen-bond donors (Lipinski definition) is 1. The SMILES string of the molecule is O=C(CSc1nc2ccccc2c(=O)n1Cc1ccco1)NCc1ccccc1OC(F)(F)F. The number of nitrogens with one attached hydrogen (secondary N) is 1. The summed E-state index contributed by atoms with van der Waals surface area (Å²) in [6.07, 6.45) is -3.34. The molecule has 0 saturated heterocycles. The van der Waals surface area contributed by atoms with Crippen molar-refractivity contribution in [1.82, 2.24) is 14.9 Å². The number of benzene rings is 2. The summed E-state index contributed by atoms with van der Waals surface area (Å²) in [6, 6.07) is 15.9. The Balaban J connectivity index is 1.48. The summed E-state index contributed by atoms with van der Waals surface area (Å²) < 4.78 is 48.5. The number of aromatic nitrogens is 2. The fourth-order valence-corrected chi connectivity index (χ4v) is 4.03. The number of carbonyl (C=O) groups excluding carboxylic acids is 1. The molecule has 0 atom stereocenters. The summed E-state index contributed by atoms with van der Waals surface area (Å²) in [6.45, 7) is -0.0221. The predicted octanol–water partition coefficient (Wildman–Crippen LogP) is 4.34. The van der Waals surface area contributed by atoms with Crippen molar-refractivity contribution in [2.75, 3.05) is 5.75 Å². The Kier molecular flexibility index (Phi) is 6.92. The van der Waals surface area contributed by atoms with Gasteiger partial charge in [0, 0.05) is 12.1 Å². The van der Waals surface area contributed by atoms with Gasteiger partial charge in [-0.2, -0.15) is 0 Å². The number of para-hydroxylation sites is 2. The molecule has 7 nitrogen and oxygen atoms in total. The van der Waals surface area contributed by atoms with Gasteiger partial charge in [-0.1, -0.05) is 42.1 Å². The average Bonchev–Trinajstić information content (AvgIpc) is 3.31. The second-order valence-corrected chi connectivity index (χ2v) is 8.05. The Morgan fingerprint density at radius 1 is 1.09 bits per heavy atom. The second kappa shape index (κ2) is 10.0. The maximum atomic E-state index is 13.0. The van der Waals surface area contributed by atoms with Gasteiger partial charge in [-0.3, -0.25) is 14.2 Å². The van der Waals surface area contributed by atoms with Crippen LogP contribution in [0.1, 0.15) is 11.3 Å². The van der Waals surface area contributed by atoms with Gasteiger partial charge >= 0.3 is 6.36 Å². The molecule has 0 saturated carbocycles. The van der Waals surface area contributed by atoms with Crippen molar-refractivity contribution in [3.63, 3.8) is 0 Å². The number of hydrogen-bond acceptors (Lipinski definition) is 6. The highest BCUT2D eigenvalue weighted by atomic mass is 32.2. The van der Waals surface area contributed by atoms with Gasteiger partial charge in [0.1, 0.15) is 11.5 Å². The Morgan fingerprint density at radius 2 is 1.85 bits per heavy atom. The van der Waals surface area contributed by atoms with E-state index in [1.54, 1.807) is 42.5 Å². The lowest BCUT2D eigenvalue weighted by Crippen LogP contribution is -2.27. The summed E-state index contributed by atoms with van der Waals surface area (Å²) >= 11 is 1.04. The molecule has 0 fully saturated rings. The first kappa shape index (κ1) is 23.4. The number of thioether (sulfide) groups is 1. The molecule has 1 N–H and O–H groups in total. The van der Waals surface area contributed by atoms with Crippen molar-refractivity contribution >= 4 is 28.6 Å². The quantitative estimate of drug-likeness (QED) is 0.293. The molecule has 1 amide bonds. The van der Waals surface area contributed by atoms with Crippen LogP contribution in [0.15, 0.2) is 81.3 Å². The van der Waals surface area contributed by atoms with E-state index < -0.39 is 12.3 Å². The zero-order valence-corrected chi connectivity index (χ0v) is 18.4. The van der Waals surface area contributed by atoms with Gasteiger partial charge in [0.05, 0.1) is 29.5 Å². The van der Waals surface area contributed by atoms with E-state index in [9.17, 15) is 22.8 Å². The zero-order valence-electron chi connectivity index (χ0n) is 17.5. The first-order valence-electron chi connectivity index (χ1n) is 10.1. The molecule has 4 aromatic rings. The Bertz CT molecular complexity index is 1350. The number of furan rings is 1. The number of fused-ring (bicyclic) bond motifs is 1. The van der Waals surface area contributed by atoms with Crippen molar-refractivity contribution in [3.05, 3.63) is 88.6 Å². The van der Waals surface area contributed by atoms with Crippen LogP contribution in [0.25, 0.3) is 10.9 Å². The van der Waals surface area contributed by atoms with Gasteiger partial charge in [-0.25, -0.2) is 4.98 Å². The second-order valence-electron chi connectivity index (χ2n) is 7.10. The van der Waals surface area contributed by atoms with Crippen LogP contribution in [0.5, 0.6) is 5.75 Å². The van der Waals surface area contributed by atoms with Gasteiger partial charge in [-0.05, 0) is 30.3 Å². The number of amides is 1. The molecule has 0 radical (unpaired) electrons. The lowest BCUT2D eigenvalue weighted by molar-refractivity contribution is -0.274. The smallest absolute Gasteiger partial charge is 0.467 e. The van der Waals surface area contributed by atoms with E-state index in [4.69, 9.17) is 4.42 Å². The molecule has 2 aromatic carbocycles. The van der Waals surface area contributed by atoms with Gasteiger partial charge in [0.2, 0.25) is 5.91 Å². The summed E-state index contributed by atoms with van der Waals surface area (Å²) in [4.78, 5) is 30.0. The molecule has 2 aromatic heterocycles. The highest BCUT2D eigenvalue weighted by Crippen LogP contribution is 2.26. The molecule has 0 aliphatic heterocycles. The minimum absolute atomic E-state index is 0.106. The van der Waals surface area contributed by atoms with Crippen molar-refractivity contribution in [2.45, 2.75) is 24.6 Å². The molecule has 4 rings (SSSR count). The minimum Gasteiger partial charge on any atom is -0.467 e. The Morgan fingerprint density at radius 3 is 2.62 bits per heavy atom. The van der Waals surface area contributed by atoms with Crippen molar-refractivity contribution in [3.8, 4) is 5.75 Å². The van der Waals surface area contributed by atoms with Gasteiger partial charge < -0.3 is 14.5 Å². The van der Waals surface area contributed by atoms with E-state index in [0.717, 1.165) is 11.8 Å². The molecule has 0 spiro atoms.